The first-order chi connectivity index (χ1) is 15.9. The van der Waals surface area contributed by atoms with E-state index in [1.54, 1.807) is 6.08 Å². The van der Waals surface area contributed by atoms with Crippen LogP contribution in [0.5, 0.6) is 0 Å². The summed E-state index contributed by atoms with van der Waals surface area (Å²) in [4.78, 5) is 30.2. The van der Waals surface area contributed by atoms with Crippen molar-refractivity contribution in [2.75, 3.05) is 16.3 Å². The molecule has 1 N–H and O–H groups in total. The maximum Gasteiger partial charge on any atom is 0.270 e. The Morgan fingerprint density at radius 3 is 2.35 bits per heavy atom. The Bertz CT molecular complexity index is 1300. The van der Waals surface area contributed by atoms with Crippen LogP contribution in [0.25, 0.3) is 11.6 Å². The largest absolute Gasteiger partial charge is 0.363 e. The number of fused-ring (bicyclic) bond motifs is 1. The molecule has 34 heavy (non-hydrogen) atoms. The molecule has 0 unspecified atom stereocenters. The van der Waals surface area contributed by atoms with E-state index in [9.17, 15) is 9.59 Å². The molecule has 2 aromatic carbocycles. The SMILES string of the molecule is CCN1c2cc(C)c(/C=C3\C(=O)NC(=S)N(c4ccc(C)cc4C)C3=O)cc2C(C)=CC1(C)C. The molecule has 2 amide bonds. The summed E-state index contributed by atoms with van der Waals surface area (Å²) in [5.74, 6) is -0.891. The molecule has 176 valence electrons. The van der Waals surface area contributed by atoms with E-state index in [-0.39, 0.29) is 16.2 Å². The lowest BCUT2D eigenvalue weighted by atomic mass is 9.86. The lowest BCUT2D eigenvalue weighted by Crippen LogP contribution is -2.54. The topological polar surface area (TPSA) is 52.7 Å². The highest BCUT2D eigenvalue weighted by atomic mass is 32.1. The first-order valence-electron chi connectivity index (χ1n) is 11.6. The number of benzene rings is 2. The Hall–Kier alpha value is -3.25. The first-order valence-corrected chi connectivity index (χ1v) is 12.0. The van der Waals surface area contributed by atoms with E-state index < -0.39 is 11.8 Å². The second-order valence-electron chi connectivity index (χ2n) is 9.70. The van der Waals surface area contributed by atoms with Crippen molar-refractivity contribution in [1.82, 2.24) is 5.32 Å². The third-order valence-electron chi connectivity index (χ3n) is 6.68. The van der Waals surface area contributed by atoms with Gasteiger partial charge in [0.1, 0.15) is 5.57 Å². The second-order valence-corrected chi connectivity index (χ2v) is 10.1. The van der Waals surface area contributed by atoms with Gasteiger partial charge in [-0.3, -0.25) is 19.8 Å². The van der Waals surface area contributed by atoms with Crippen molar-refractivity contribution in [3.8, 4) is 0 Å². The standard InChI is InChI=1S/C28H31N3O2S/c1-8-30-24-12-17(3)20(13-21(24)19(5)15-28(30,6)7)14-22-25(32)29-27(34)31(26(22)33)23-10-9-16(2)11-18(23)4/h9-15H,8H2,1-7H3,(H,29,32,34)/b22-14+. The van der Waals surface area contributed by atoms with E-state index >= 15 is 0 Å². The lowest BCUT2D eigenvalue weighted by Gasteiger charge is -2.43. The minimum atomic E-state index is -0.475. The second kappa shape index (κ2) is 8.51. The number of anilines is 2. The molecule has 0 aliphatic carbocycles. The molecular formula is C28H31N3O2S. The van der Waals surface area contributed by atoms with Crippen molar-refractivity contribution >= 4 is 52.2 Å². The van der Waals surface area contributed by atoms with Crippen LogP contribution in [0.3, 0.4) is 0 Å². The molecular weight excluding hydrogens is 442 g/mol. The van der Waals surface area contributed by atoms with Crippen molar-refractivity contribution in [2.45, 2.75) is 54.0 Å². The van der Waals surface area contributed by atoms with Gasteiger partial charge < -0.3 is 4.90 Å². The quantitative estimate of drug-likeness (QED) is 0.365. The number of hydrogen-bond acceptors (Lipinski definition) is 4. The molecule has 0 radical (unpaired) electrons. The van der Waals surface area contributed by atoms with Gasteiger partial charge in [-0.2, -0.15) is 0 Å². The third kappa shape index (κ3) is 3.96. The summed E-state index contributed by atoms with van der Waals surface area (Å²) in [6.07, 6.45) is 3.96. The molecule has 6 heteroatoms. The number of allylic oxidation sites excluding steroid dienone is 1. The lowest BCUT2D eigenvalue weighted by molar-refractivity contribution is -0.122. The molecule has 0 saturated carbocycles. The van der Waals surface area contributed by atoms with E-state index in [0.717, 1.165) is 34.4 Å². The van der Waals surface area contributed by atoms with Crippen LogP contribution in [0.2, 0.25) is 0 Å². The van der Waals surface area contributed by atoms with Crippen molar-refractivity contribution in [3.63, 3.8) is 0 Å². The molecule has 4 rings (SSSR count). The highest BCUT2D eigenvalue weighted by Crippen LogP contribution is 2.40. The summed E-state index contributed by atoms with van der Waals surface area (Å²) in [6, 6.07) is 10.0. The predicted molar refractivity (Wildman–Crippen MR) is 144 cm³/mol. The molecule has 0 spiro atoms. The molecule has 1 saturated heterocycles. The fourth-order valence-electron chi connectivity index (χ4n) is 5.07. The Kier molecular flexibility index (Phi) is 5.98. The van der Waals surface area contributed by atoms with Crippen LogP contribution in [0.15, 0.2) is 42.0 Å². The Morgan fingerprint density at radius 2 is 1.71 bits per heavy atom. The highest BCUT2D eigenvalue weighted by molar-refractivity contribution is 7.80. The van der Waals surface area contributed by atoms with Gasteiger partial charge in [-0.15, -0.1) is 0 Å². The molecule has 1 fully saturated rings. The van der Waals surface area contributed by atoms with Crippen LogP contribution in [0, 0.1) is 20.8 Å². The summed E-state index contributed by atoms with van der Waals surface area (Å²) < 4.78 is 0. The number of aryl methyl sites for hydroxylation is 3. The smallest absolute Gasteiger partial charge is 0.270 e. The Labute approximate surface area is 207 Å². The minimum absolute atomic E-state index is 0.0711. The summed E-state index contributed by atoms with van der Waals surface area (Å²) in [7, 11) is 0. The van der Waals surface area contributed by atoms with Crippen LogP contribution >= 0.6 is 12.2 Å². The molecule has 2 heterocycles. The van der Waals surface area contributed by atoms with Gasteiger partial charge in [0.15, 0.2) is 5.11 Å². The first kappa shape index (κ1) is 23.9. The van der Waals surface area contributed by atoms with Crippen LogP contribution in [0.4, 0.5) is 11.4 Å². The maximum absolute atomic E-state index is 13.5. The number of likely N-dealkylation sites (N-methyl/N-ethyl adjacent to an activating group) is 1. The molecule has 0 aromatic heterocycles. The van der Waals surface area contributed by atoms with E-state index in [1.807, 2.05) is 39.0 Å². The Balaban J connectivity index is 1.81. The van der Waals surface area contributed by atoms with E-state index in [1.165, 1.54) is 16.2 Å². The fraction of sp³-hybridized carbons (Fsp3) is 0.321. The molecule has 5 nitrogen and oxygen atoms in total. The summed E-state index contributed by atoms with van der Waals surface area (Å²) in [5, 5.41) is 2.80. The van der Waals surface area contributed by atoms with Gasteiger partial charge in [-0.25, -0.2) is 0 Å². The van der Waals surface area contributed by atoms with Crippen molar-refractivity contribution in [2.24, 2.45) is 0 Å². The third-order valence-corrected chi connectivity index (χ3v) is 6.96. The summed E-state index contributed by atoms with van der Waals surface area (Å²) >= 11 is 5.38. The molecule has 0 bridgehead atoms. The number of nitrogens with one attached hydrogen (secondary N) is 1. The molecule has 2 aliphatic rings. The number of rotatable bonds is 3. The minimum Gasteiger partial charge on any atom is -0.363 e. The average molecular weight is 474 g/mol. The zero-order chi connectivity index (χ0) is 24.9. The van der Waals surface area contributed by atoms with Crippen molar-refractivity contribution in [3.05, 3.63) is 69.8 Å². The maximum atomic E-state index is 13.5. The van der Waals surface area contributed by atoms with Crippen molar-refractivity contribution in [1.29, 1.82) is 0 Å². The highest BCUT2D eigenvalue weighted by Gasteiger charge is 2.36. The number of amides is 2. The van der Waals surface area contributed by atoms with Crippen LogP contribution in [0.1, 0.15) is 55.5 Å². The van der Waals surface area contributed by atoms with Gasteiger partial charge >= 0.3 is 0 Å². The number of carbonyl (C=O) groups excluding carboxylic acids is 2. The number of nitrogens with zero attached hydrogens (tertiary/aromatic N) is 2. The van der Waals surface area contributed by atoms with E-state index in [0.29, 0.717) is 5.69 Å². The van der Waals surface area contributed by atoms with Gasteiger partial charge in [0.25, 0.3) is 11.8 Å². The number of thiocarbonyl (C=S) groups is 1. The van der Waals surface area contributed by atoms with Crippen LogP contribution < -0.4 is 15.1 Å². The van der Waals surface area contributed by atoms with Crippen LogP contribution in [-0.2, 0) is 9.59 Å². The zero-order valence-electron chi connectivity index (χ0n) is 20.9. The van der Waals surface area contributed by atoms with Gasteiger partial charge in [0.05, 0.1) is 11.2 Å². The number of hydrogen-bond donors (Lipinski definition) is 1. The Morgan fingerprint density at radius 1 is 1.00 bits per heavy atom. The predicted octanol–water partition coefficient (Wildman–Crippen LogP) is 5.46. The normalized spacial score (nSPS) is 18.7. The number of carbonyl (C=O) groups is 2. The van der Waals surface area contributed by atoms with Gasteiger partial charge in [-0.1, -0.05) is 23.8 Å². The van der Waals surface area contributed by atoms with Gasteiger partial charge in [0, 0.05) is 17.8 Å². The van der Waals surface area contributed by atoms with Gasteiger partial charge in [-0.05, 0) is 107 Å². The molecule has 2 aliphatic heterocycles. The molecule has 0 atom stereocenters. The monoisotopic (exact) mass is 473 g/mol. The average Bonchev–Trinajstić information content (AvgIpc) is 2.72. The molecule has 2 aromatic rings. The summed E-state index contributed by atoms with van der Waals surface area (Å²) in [6.45, 7) is 15.5. The van der Waals surface area contributed by atoms with Gasteiger partial charge in [0.2, 0.25) is 0 Å². The fourth-order valence-corrected chi connectivity index (χ4v) is 5.34. The van der Waals surface area contributed by atoms with E-state index in [2.05, 4.69) is 56.1 Å². The van der Waals surface area contributed by atoms with E-state index in [4.69, 9.17) is 12.2 Å². The summed E-state index contributed by atoms with van der Waals surface area (Å²) in [5.41, 5.74) is 7.98. The van der Waals surface area contributed by atoms with Crippen molar-refractivity contribution < 1.29 is 9.59 Å². The zero-order valence-corrected chi connectivity index (χ0v) is 21.7. The van der Waals surface area contributed by atoms with Crippen LogP contribution in [-0.4, -0.2) is 29.0 Å².